The summed E-state index contributed by atoms with van der Waals surface area (Å²) in [6.07, 6.45) is 1.24. The number of rotatable bonds is 7. The van der Waals surface area contributed by atoms with Gasteiger partial charge in [-0.1, -0.05) is 12.1 Å². The summed E-state index contributed by atoms with van der Waals surface area (Å²) in [5.74, 6) is -3.99. The molecule has 33 heavy (non-hydrogen) atoms. The first-order valence-electron chi connectivity index (χ1n) is 9.66. The first kappa shape index (κ1) is 23.0. The van der Waals surface area contributed by atoms with Gasteiger partial charge in [0.25, 0.3) is 10.0 Å². The Hall–Kier alpha value is -3.19. The number of carbonyl (C=O) groups excluding carboxylic acids is 1. The lowest BCUT2D eigenvalue weighted by Gasteiger charge is -2.32. The van der Waals surface area contributed by atoms with Crippen LogP contribution in [0.25, 0.3) is 0 Å². The molecule has 2 atom stereocenters. The van der Waals surface area contributed by atoms with Crippen LogP contribution in [0.15, 0.2) is 47.6 Å². The Morgan fingerprint density at radius 3 is 2.61 bits per heavy atom. The quantitative estimate of drug-likeness (QED) is 0.518. The lowest BCUT2D eigenvalue weighted by atomic mass is 9.81. The van der Waals surface area contributed by atoms with Gasteiger partial charge in [0.1, 0.15) is 22.9 Å². The molecule has 2 heterocycles. The summed E-state index contributed by atoms with van der Waals surface area (Å²) >= 11 is 0.738. The molecular formula is C20H17F3N4O4S2. The van der Waals surface area contributed by atoms with Crippen LogP contribution < -0.4 is 14.8 Å². The number of nitrogens with zero attached hydrogens (tertiary/aromatic N) is 2. The third kappa shape index (κ3) is 5.25. The van der Waals surface area contributed by atoms with E-state index in [9.17, 15) is 26.4 Å². The van der Waals surface area contributed by atoms with Gasteiger partial charge in [-0.2, -0.15) is 4.37 Å². The number of piperidine rings is 1. The van der Waals surface area contributed by atoms with Gasteiger partial charge in [0, 0.05) is 48.5 Å². The third-order valence-electron chi connectivity index (χ3n) is 5.15. The number of ether oxygens (including phenoxy) is 1. The molecule has 1 fully saturated rings. The van der Waals surface area contributed by atoms with Crippen molar-refractivity contribution in [3.05, 3.63) is 65.7 Å². The molecule has 1 aliphatic heterocycles. The fourth-order valence-corrected chi connectivity index (χ4v) is 5.25. The summed E-state index contributed by atoms with van der Waals surface area (Å²) in [4.78, 5) is 14.6. The van der Waals surface area contributed by atoms with Crippen LogP contribution in [0, 0.1) is 23.4 Å². The molecular weight excluding hydrogens is 481 g/mol. The van der Waals surface area contributed by atoms with Crippen LogP contribution in [0.1, 0.15) is 17.9 Å². The smallest absolute Gasteiger partial charge is 0.266 e. The molecule has 2 aromatic carbocycles. The average molecular weight is 499 g/mol. The highest BCUT2D eigenvalue weighted by Gasteiger charge is 2.31. The second-order valence-electron chi connectivity index (χ2n) is 7.30. The van der Waals surface area contributed by atoms with Gasteiger partial charge >= 0.3 is 0 Å². The summed E-state index contributed by atoms with van der Waals surface area (Å²) in [7, 11) is -4.43. The number of hydrogen-bond donors (Lipinski definition) is 2. The molecule has 1 aliphatic rings. The zero-order chi connectivity index (χ0) is 23.6. The van der Waals surface area contributed by atoms with Gasteiger partial charge in [-0.3, -0.25) is 9.52 Å². The fourth-order valence-electron chi connectivity index (χ4n) is 3.51. The molecule has 8 nitrogen and oxygen atoms in total. The van der Waals surface area contributed by atoms with Crippen molar-refractivity contribution in [1.29, 1.82) is 0 Å². The Balaban J connectivity index is 1.51. The lowest BCUT2D eigenvalue weighted by Crippen LogP contribution is -2.42. The van der Waals surface area contributed by atoms with Gasteiger partial charge in [-0.05, 0) is 17.7 Å². The van der Waals surface area contributed by atoms with Crippen molar-refractivity contribution >= 4 is 32.6 Å². The van der Waals surface area contributed by atoms with Crippen LogP contribution in [0.3, 0.4) is 0 Å². The van der Waals surface area contributed by atoms with Crippen LogP contribution in [0.2, 0.25) is 0 Å². The van der Waals surface area contributed by atoms with Crippen molar-refractivity contribution in [3.63, 3.8) is 0 Å². The molecule has 3 aromatic rings. The molecule has 1 amide bonds. The normalized spacial score (nSPS) is 18.6. The number of halogens is 3. The molecule has 13 heteroatoms. The van der Waals surface area contributed by atoms with E-state index in [-0.39, 0.29) is 42.4 Å². The number of anilines is 1. The summed E-state index contributed by atoms with van der Waals surface area (Å²) in [6.45, 7) is 0.136. The van der Waals surface area contributed by atoms with E-state index in [2.05, 4.69) is 14.7 Å². The number of aromatic nitrogens is 2. The lowest BCUT2D eigenvalue weighted by molar-refractivity contribution is -0.123. The highest BCUT2D eigenvalue weighted by Crippen LogP contribution is 2.33. The zero-order valence-corrected chi connectivity index (χ0v) is 18.4. The van der Waals surface area contributed by atoms with E-state index in [4.69, 9.17) is 4.74 Å². The first-order chi connectivity index (χ1) is 15.7. The Bertz CT molecular complexity index is 1260. The number of hydrogen-bond acceptors (Lipinski definition) is 7. The molecule has 0 spiro atoms. The average Bonchev–Trinajstić information content (AvgIpc) is 3.27. The number of nitrogens with one attached hydrogen (secondary N) is 2. The van der Waals surface area contributed by atoms with Crippen LogP contribution in [-0.4, -0.2) is 36.8 Å². The van der Waals surface area contributed by atoms with E-state index in [1.807, 2.05) is 4.72 Å². The SMILES string of the molecule is O=C1C[C@@H](c2ccc(F)cc2)[C@H](COc2cc(F)c(S(=O)(=O)Nc3ncns3)cc2F)CN1. The van der Waals surface area contributed by atoms with Crippen LogP contribution in [0.4, 0.5) is 18.3 Å². The van der Waals surface area contributed by atoms with Gasteiger partial charge in [-0.15, -0.1) is 0 Å². The topological polar surface area (TPSA) is 110 Å². The second-order valence-corrected chi connectivity index (χ2v) is 9.73. The van der Waals surface area contributed by atoms with Gasteiger partial charge in [-0.25, -0.2) is 26.6 Å². The Labute approximate surface area is 191 Å². The Morgan fingerprint density at radius 1 is 1.15 bits per heavy atom. The van der Waals surface area contributed by atoms with Gasteiger partial charge < -0.3 is 10.1 Å². The van der Waals surface area contributed by atoms with Gasteiger partial charge in [0.2, 0.25) is 11.0 Å². The molecule has 0 aliphatic carbocycles. The highest BCUT2D eigenvalue weighted by atomic mass is 32.2. The van der Waals surface area contributed by atoms with Crippen molar-refractivity contribution < 1.29 is 31.1 Å². The van der Waals surface area contributed by atoms with Gasteiger partial charge in [0.05, 0.1) is 6.61 Å². The van der Waals surface area contributed by atoms with Crippen molar-refractivity contribution in [2.75, 3.05) is 17.9 Å². The standard InChI is InChI=1S/C20H17F3N4O4S2/c21-13-3-1-11(2-4-13)14-5-19(28)24-8-12(14)9-31-17-6-16(23)18(7-15(17)22)33(29,30)27-20-25-10-26-32-20/h1-4,6-7,10,12,14H,5,8-9H2,(H,24,28)(H,25,26,27)/t12-,14-/m0/s1. The van der Waals surface area contributed by atoms with E-state index in [0.29, 0.717) is 12.1 Å². The molecule has 1 saturated heterocycles. The number of sulfonamides is 1. The molecule has 0 radical (unpaired) electrons. The van der Waals surface area contributed by atoms with Gasteiger partial charge in [0.15, 0.2) is 11.6 Å². The molecule has 174 valence electrons. The predicted octanol–water partition coefficient (Wildman–Crippen LogP) is 3.05. The third-order valence-corrected chi connectivity index (χ3v) is 7.21. The molecule has 0 bridgehead atoms. The summed E-state index contributed by atoms with van der Waals surface area (Å²) in [5, 5.41) is 2.60. The molecule has 4 rings (SSSR count). The Kier molecular flexibility index (Phi) is 6.51. The second kappa shape index (κ2) is 9.35. The summed E-state index contributed by atoms with van der Waals surface area (Å²) in [5.41, 5.74) is 0.718. The predicted molar refractivity (Wildman–Crippen MR) is 113 cm³/mol. The highest BCUT2D eigenvalue weighted by molar-refractivity contribution is 7.93. The molecule has 0 saturated carbocycles. The maximum absolute atomic E-state index is 14.6. The van der Waals surface area contributed by atoms with E-state index in [0.717, 1.165) is 23.4 Å². The molecule has 0 unspecified atom stereocenters. The zero-order valence-electron chi connectivity index (χ0n) is 16.8. The van der Waals surface area contributed by atoms with Crippen molar-refractivity contribution in [2.24, 2.45) is 5.92 Å². The van der Waals surface area contributed by atoms with Crippen LogP contribution in [-0.2, 0) is 14.8 Å². The van der Waals surface area contributed by atoms with E-state index in [1.54, 1.807) is 12.1 Å². The first-order valence-corrected chi connectivity index (χ1v) is 11.9. The summed E-state index contributed by atoms with van der Waals surface area (Å²) < 4.78 is 78.3. The summed E-state index contributed by atoms with van der Waals surface area (Å²) in [6, 6.07) is 6.87. The van der Waals surface area contributed by atoms with E-state index >= 15 is 0 Å². The monoisotopic (exact) mass is 498 g/mol. The van der Waals surface area contributed by atoms with Crippen molar-refractivity contribution in [1.82, 2.24) is 14.7 Å². The molecule has 1 aromatic heterocycles. The van der Waals surface area contributed by atoms with Crippen molar-refractivity contribution in [2.45, 2.75) is 17.2 Å². The Morgan fingerprint density at radius 2 is 1.91 bits per heavy atom. The minimum atomic E-state index is -4.43. The maximum Gasteiger partial charge on any atom is 0.266 e. The minimum absolute atomic E-state index is 0.0895. The maximum atomic E-state index is 14.6. The van der Waals surface area contributed by atoms with E-state index < -0.39 is 38.1 Å². The minimum Gasteiger partial charge on any atom is -0.490 e. The van der Waals surface area contributed by atoms with Crippen LogP contribution >= 0.6 is 11.5 Å². The van der Waals surface area contributed by atoms with Crippen molar-refractivity contribution in [3.8, 4) is 5.75 Å². The molecule has 2 N–H and O–H groups in total. The fraction of sp³-hybridized carbons (Fsp3) is 0.250. The largest absolute Gasteiger partial charge is 0.490 e. The van der Waals surface area contributed by atoms with Crippen LogP contribution in [0.5, 0.6) is 5.75 Å². The number of benzene rings is 2. The number of amides is 1. The number of carbonyl (C=O) groups is 1. The van der Waals surface area contributed by atoms with E-state index in [1.165, 1.54) is 12.1 Å².